The Morgan fingerprint density at radius 2 is 1.73 bits per heavy atom. The van der Waals surface area contributed by atoms with Crippen LogP contribution in [0.15, 0.2) is 42.5 Å². The molecule has 1 unspecified atom stereocenters. The van der Waals surface area contributed by atoms with Gasteiger partial charge in [0.05, 0.1) is 0 Å². The van der Waals surface area contributed by atoms with Crippen molar-refractivity contribution in [3.63, 3.8) is 0 Å². The Morgan fingerprint density at radius 1 is 1.09 bits per heavy atom. The number of carbonyl (C=O) groups excluding carboxylic acids is 1. The number of carbonyl (C=O) groups is 2. The van der Waals surface area contributed by atoms with Crippen molar-refractivity contribution in [3.05, 3.63) is 59.2 Å². The Balaban J connectivity index is 2.01. The fourth-order valence-electron chi connectivity index (χ4n) is 2.39. The first-order chi connectivity index (χ1) is 10.6. The Labute approximate surface area is 127 Å². The lowest BCUT2D eigenvalue weighted by Gasteiger charge is -2.08. The maximum absolute atomic E-state index is 12.6. The minimum absolute atomic E-state index is 0.123. The van der Waals surface area contributed by atoms with Crippen LogP contribution in [0, 0.1) is 0 Å². The van der Waals surface area contributed by atoms with Gasteiger partial charge in [-0.15, -0.1) is 0 Å². The highest BCUT2D eigenvalue weighted by molar-refractivity contribution is 6.10. The number of fused-ring (bicyclic) bond motifs is 1. The van der Waals surface area contributed by atoms with E-state index in [-0.39, 0.29) is 11.5 Å². The van der Waals surface area contributed by atoms with Gasteiger partial charge in [-0.1, -0.05) is 37.3 Å². The van der Waals surface area contributed by atoms with E-state index in [0.29, 0.717) is 23.3 Å². The summed E-state index contributed by atoms with van der Waals surface area (Å²) in [5.41, 5.74) is 1.87. The maximum Gasteiger partial charge on any atom is 0.387 e. The zero-order chi connectivity index (χ0) is 15.7. The van der Waals surface area contributed by atoms with E-state index in [4.69, 9.17) is 14.6 Å². The van der Waals surface area contributed by atoms with Crippen molar-refractivity contribution in [3.8, 4) is 11.5 Å². The molecule has 1 N–H and O–H groups in total. The standard InChI is InChI=1S/C17H14O5/c1-2-10-8-13-14(22-17(21-13)16(19)20)9-12(10)15(18)11-6-4-3-5-7-11/h3-9,17H,2H2,1H3,(H,19,20). The lowest BCUT2D eigenvalue weighted by molar-refractivity contribution is -0.154. The molecule has 2 aromatic carbocycles. The van der Waals surface area contributed by atoms with Crippen molar-refractivity contribution in [1.29, 1.82) is 0 Å². The molecular formula is C17H14O5. The van der Waals surface area contributed by atoms with E-state index in [2.05, 4.69) is 0 Å². The summed E-state index contributed by atoms with van der Waals surface area (Å²) in [5.74, 6) is -0.689. The molecule has 5 heteroatoms. The van der Waals surface area contributed by atoms with E-state index in [9.17, 15) is 9.59 Å². The molecule has 0 bridgehead atoms. The van der Waals surface area contributed by atoms with Gasteiger partial charge in [-0.05, 0) is 24.1 Å². The number of ketones is 1. The lowest BCUT2D eigenvalue weighted by atomic mass is 9.96. The monoisotopic (exact) mass is 298 g/mol. The van der Waals surface area contributed by atoms with Crippen LogP contribution in [0.5, 0.6) is 11.5 Å². The summed E-state index contributed by atoms with van der Waals surface area (Å²) in [5, 5.41) is 8.95. The quantitative estimate of drug-likeness (QED) is 0.878. The Kier molecular flexibility index (Phi) is 3.55. The number of hydrogen-bond acceptors (Lipinski definition) is 4. The maximum atomic E-state index is 12.6. The second-order valence-corrected chi connectivity index (χ2v) is 4.91. The van der Waals surface area contributed by atoms with Crippen LogP contribution in [-0.2, 0) is 11.2 Å². The smallest absolute Gasteiger partial charge is 0.387 e. The SMILES string of the molecule is CCc1cc2c(cc1C(=O)c1ccccc1)OC(C(=O)O)O2. The van der Waals surface area contributed by atoms with Gasteiger partial charge >= 0.3 is 12.3 Å². The first-order valence-electron chi connectivity index (χ1n) is 6.93. The highest BCUT2D eigenvalue weighted by atomic mass is 16.7. The van der Waals surface area contributed by atoms with Crippen molar-refractivity contribution < 1.29 is 24.2 Å². The fourth-order valence-corrected chi connectivity index (χ4v) is 2.39. The Hall–Kier alpha value is -2.82. The molecule has 112 valence electrons. The number of aryl methyl sites for hydroxylation is 1. The van der Waals surface area contributed by atoms with Crippen molar-refractivity contribution in [1.82, 2.24) is 0 Å². The number of benzene rings is 2. The molecule has 1 atom stereocenters. The van der Waals surface area contributed by atoms with Crippen LogP contribution < -0.4 is 9.47 Å². The molecule has 1 heterocycles. The van der Waals surface area contributed by atoms with Crippen LogP contribution in [0.2, 0.25) is 0 Å². The van der Waals surface area contributed by atoms with Gasteiger partial charge in [0, 0.05) is 11.1 Å². The molecule has 0 aromatic heterocycles. The molecule has 0 radical (unpaired) electrons. The van der Waals surface area contributed by atoms with Crippen molar-refractivity contribution in [2.24, 2.45) is 0 Å². The van der Waals surface area contributed by atoms with Gasteiger partial charge in [0.25, 0.3) is 0 Å². The molecule has 3 rings (SSSR count). The predicted octanol–water partition coefficient (Wildman–Crippen LogP) is 2.66. The van der Waals surface area contributed by atoms with Crippen LogP contribution in [0.25, 0.3) is 0 Å². The molecule has 1 aliphatic rings. The molecule has 1 aliphatic heterocycles. The van der Waals surface area contributed by atoms with E-state index in [1.807, 2.05) is 13.0 Å². The number of ether oxygens (including phenoxy) is 2. The Morgan fingerprint density at radius 3 is 2.32 bits per heavy atom. The molecule has 0 saturated carbocycles. The van der Waals surface area contributed by atoms with Crippen LogP contribution in [0.3, 0.4) is 0 Å². The van der Waals surface area contributed by atoms with Crippen LogP contribution in [0.4, 0.5) is 0 Å². The molecule has 0 saturated heterocycles. The van der Waals surface area contributed by atoms with Gasteiger partial charge in [-0.2, -0.15) is 0 Å². The normalized spacial score (nSPS) is 15.6. The highest BCUT2D eigenvalue weighted by Crippen LogP contribution is 2.38. The molecule has 2 aromatic rings. The van der Waals surface area contributed by atoms with Crippen molar-refractivity contribution in [2.45, 2.75) is 19.6 Å². The number of aliphatic carboxylic acids is 1. The first-order valence-corrected chi connectivity index (χ1v) is 6.93. The van der Waals surface area contributed by atoms with Gasteiger partial charge in [0.15, 0.2) is 17.3 Å². The Bertz CT molecular complexity index is 736. The van der Waals surface area contributed by atoms with Gasteiger partial charge in [0.2, 0.25) is 0 Å². The largest absolute Gasteiger partial charge is 0.476 e. The third-order valence-electron chi connectivity index (χ3n) is 3.50. The van der Waals surface area contributed by atoms with Crippen LogP contribution >= 0.6 is 0 Å². The van der Waals surface area contributed by atoms with Gasteiger partial charge < -0.3 is 14.6 Å². The lowest BCUT2D eigenvalue weighted by Crippen LogP contribution is -2.28. The topological polar surface area (TPSA) is 72.8 Å². The minimum Gasteiger partial charge on any atom is -0.476 e. The molecule has 5 nitrogen and oxygen atoms in total. The number of carboxylic acid groups (broad SMARTS) is 1. The predicted molar refractivity (Wildman–Crippen MR) is 78.4 cm³/mol. The third-order valence-corrected chi connectivity index (χ3v) is 3.50. The zero-order valence-electron chi connectivity index (χ0n) is 11.9. The highest BCUT2D eigenvalue weighted by Gasteiger charge is 2.32. The minimum atomic E-state index is -1.36. The first kappa shape index (κ1) is 14.1. The summed E-state index contributed by atoms with van der Waals surface area (Å²) < 4.78 is 10.4. The van der Waals surface area contributed by atoms with Gasteiger partial charge in [-0.3, -0.25) is 4.79 Å². The molecular weight excluding hydrogens is 284 g/mol. The number of hydrogen-bond donors (Lipinski definition) is 1. The van der Waals surface area contributed by atoms with E-state index in [0.717, 1.165) is 5.56 Å². The van der Waals surface area contributed by atoms with Crippen LogP contribution in [0.1, 0.15) is 28.4 Å². The molecule has 0 fully saturated rings. The summed E-state index contributed by atoms with van der Waals surface area (Å²) in [6.45, 7) is 1.92. The third kappa shape index (κ3) is 2.41. The number of carboxylic acids is 1. The van der Waals surface area contributed by atoms with E-state index < -0.39 is 12.3 Å². The van der Waals surface area contributed by atoms with E-state index in [1.54, 1.807) is 36.4 Å². The summed E-state index contributed by atoms with van der Waals surface area (Å²) in [4.78, 5) is 23.6. The van der Waals surface area contributed by atoms with Gasteiger partial charge in [-0.25, -0.2) is 4.79 Å². The van der Waals surface area contributed by atoms with Crippen LogP contribution in [-0.4, -0.2) is 23.1 Å². The van der Waals surface area contributed by atoms with Crippen molar-refractivity contribution >= 4 is 11.8 Å². The molecule has 0 spiro atoms. The van der Waals surface area contributed by atoms with Gasteiger partial charge in [0.1, 0.15) is 0 Å². The summed E-state index contributed by atoms with van der Waals surface area (Å²) in [7, 11) is 0. The average Bonchev–Trinajstić information content (AvgIpc) is 2.97. The summed E-state index contributed by atoms with van der Waals surface area (Å²) in [6.07, 6.45) is -0.732. The second-order valence-electron chi connectivity index (χ2n) is 4.91. The fraction of sp³-hybridized carbons (Fsp3) is 0.176. The summed E-state index contributed by atoms with van der Waals surface area (Å²) >= 11 is 0. The molecule has 0 amide bonds. The van der Waals surface area contributed by atoms with Crippen molar-refractivity contribution in [2.75, 3.05) is 0 Å². The second kappa shape index (κ2) is 5.52. The number of rotatable bonds is 4. The van der Waals surface area contributed by atoms with E-state index >= 15 is 0 Å². The van der Waals surface area contributed by atoms with E-state index in [1.165, 1.54) is 0 Å². The zero-order valence-corrected chi connectivity index (χ0v) is 11.9. The molecule has 0 aliphatic carbocycles. The summed E-state index contributed by atoms with van der Waals surface area (Å²) in [6, 6.07) is 12.2. The molecule has 22 heavy (non-hydrogen) atoms. The average molecular weight is 298 g/mol.